The van der Waals surface area contributed by atoms with Crippen molar-refractivity contribution < 1.29 is 4.39 Å². The third-order valence-corrected chi connectivity index (χ3v) is 4.43. The first-order valence-corrected chi connectivity index (χ1v) is 7.81. The fourth-order valence-electron chi connectivity index (χ4n) is 2.08. The Balaban J connectivity index is 2.34. The average Bonchev–Trinajstić information content (AvgIpc) is 2.36. The van der Waals surface area contributed by atoms with Crippen LogP contribution in [0.2, 0.25) is 10.0 Å². The summed E-state index contributed by atoms with van der Waals surface area (Å²) in [4.78, 5) is 0. The standard InChI is InChI=1S/C15H13Cl2FIN/c1-15(20,8-9-2-4-10(19)5-3-9)11-6-14(18)13(17)7-12(11)16/h2-7H,8,20H2,1H3. The number of rotatable bonds is 3. The van der Waals surface area contributed by atoms with Crippen LogP contribution in [0.5, 0.6) is 0 Å². The van der Waals surface area contributed by atoms with Crippen molar-refractivity contribution in [2.24, 2.45) is 5.73 Å². The molecule has 2 aromatic carbocycles. The van der Waals surface area contributed by atoms with Gasteiger partial charge in [-0.15, -0.1) is 0 Å². The Kier molecular flexibility index (Phi) is 4.95. The summed E-state index contributed by atoms with van der Waals surface area (Å²) in [5.41, 5.74) is 7.19. The molecule has 0 aromatic heterocycles. The first-order valence-electron chi connectivity index (χ1n) is 5.98. The molecular weight excluding hydrogens is 411 g/mol. The quantitative estimate of drug-likeness (QED) is 0.535. The predicted octanol–water partition coefficient (Wildman–Crippen LogP) is 5.15. The maximum Gasteiger partial charge on any atom is 0.142 e. The van der Waals surface area contributed by atoms with Crippen LogP contribution in [-0.2, 0) is 12.0 Å². The fraction of sp³-hybridized carbons (Fsp3) is 0.200. The largest absolute Gasteiger partial charge is 0.321 e. The molecule has 2 rings (SSSR count). The molecule has 0 saturated carbocycles. The molecule has 20 heavy (non-hydrogen) atoms. The number of nitrogens with two attached hydrogens (primary N) is 1. The van der Waals surface area contributed by atoms with Crippen molar-refractivity contribution in [2.45, 2.75) is 18.9 Å². The maximum atomic E-state index is 13.6. The van der Waals surface area contributed by atoms with Crippen LogP contribution in [0.1, 0.15) is 18.1 Å². The summed E-state index contributed by atoms with van der Waals surface area (Å²) in [5, 5.41) is 0.385. The minimum absolute atomic E-state index is 0.00353. The molecule has 1 atom stereocenters. The first-order chi connectivity index (χ1) is 9.29. The van der Waals surface area contributed by atoms with Crippen molar-refractivity contribution in [3.63, 3.8) is 0 Å². The van der Waals surface area contributed by atoms with Gasteiger partial charge in [0.05, 0.1) is 5.02 Å². The van der Waals surface area contributed by atoms with Gasteiger partial charge in [-0.1, -0.05) is 35.3 Å². The summed E-state index contributed by atoms with van der Waals surface area (Å²) >= 11 is 14.1. The highest BCUT2D eigenvalue weighted by atomic mass is 127. The van der Waals surface area contributed by atoms with Crippen LogP contribution < -0.4 is 5.73 Å². The Hall–Kier alpha value is -0.360. The summed E-state index contributed by atoms with van der Waals surface area (Å²) in [6.45, 7) is 1.83. The number of hydrogen-bond donors (Lipinski definition) is 1. The molecule has 0 heterocycles. The lowest BCUT2D eigenvalue weighted by Gasteiger charge is -2.27. The zero-order chi connectivity index (χ0) is 14.9. The summed E-state index contributed by atoms with van der Waals surface area (Å²) in [5.74, 6) is -0.509. The summed E-state index contributed by atoms with van der Waals surface area (Å²) in [7, 11) is 0. The van der Waals surface area contributed by atoms with Gasteiger partial charge in [0, 0.05) is 14.1 Å². The zero-order valence-corrected chi connectivity index (χ0v) is 14.4. The Labute approximate surface area is 141 Å². The Bertz CT molecular complexity index is 627. The van der Waals surface area contributed by atoms with Crippen molar-refractivity contribution in [3.05, 3.63) is 67.0 Å². The van der Waals surface area contributed by atoms with Crippen molar-refractivity contribution in [1.29, 1.82) is 0 Å². The van der Waals surface area contributed by atoms with Gasteiger partial charge in [-0.2, -0.15) is 0 Å². The van der Waals surface area contributed by atoms with Crippen molar-refractivity contribution in [3.8, 4) is 0 Å². The lowest BCUT2D eigenvalue weighted by Crippen LogP contribution is -2.36. The van der Waals surface area contributed by atoms with E-state index in [0.717, 1.165) is 9.13 Å². The first kappa shape index (κ1) is 16.0. The molecule has 2 aromatic rings. The fourth-order valence-corrected chi connectivity index (χ4v) is 3.04. The molecule has 106 valence electrons. The van der Waals surface area contributed by atoms with Crippen LogP contribution in [0, 0.1) is 9.39 Å². The zero-order valence-electron chi connectivity index (χ0n) is 10.8. The van der Waals surface area contributed by atoms with Gasteiger partial charge in [-0.05, 0) is 71.3 Å². The van der Waals surface area contributed by atoms with Crippen molar-refractivity contribution in [1.82, 2.24) is 0 Å². The summed E-state index contributed by atoms with van der Waals surface area (Å²) in [6.07, 6.45) is 0.560. The van der Waals surface area contributed by atoms with Crippen LogP contribution >= 0.6 is 45.8 Å². The highest BCUT2D eigenvalue weighted by molar-refractivity contribution is 14.1. The van der Waals surface area contributed by atoms with Crippen LogP contribution in [0.4, 0.5) is 4.39 Å². The van der Waals surface area contributed by atoms with E-state index in [4.69, 9.17) is 28.9 Å². The van der Waals surface area contributed by atoms with Crippen LogP contribution in [0.15, 0.2) is 36.4 Å². The molecular formula is C15H13Cl2FIN. The van der Waals surface area contributed by atoms with E-state index in [9.17, 15) is 4.39 Å². The lowest BCUT2D eigenvalue weighted by molar-refractivity contribution is 0.486. The molecule has 2 N–H and O–H groups in total. The van der Waals surface area contributed by atoms with E-state index in [1.807, 2.05) is 31.2 Å². The summed E-state index contributed by atoms with van der Waals surface area (Å²) in [6, 6.07) is 10.7. The van der Waals surface area contributed by atoms with Gasteiger partial charge in [-0.25, -0.2) is 4.39 Å². The van der Waals surface area contributed by atoms with Gasteiger partial charge >= 0.3 is 0 Å². The highest BCUT2D eigenvalue weighted by Gasteiger charge is 2.26. The van der Waals surface area contributed by atoms with E-state index in [1.165, 1.54) is 12.1 Å². The molecule has 5 heteroatoms. The smallest absolute Gasteiger partial charge is 0.142 e. The monoisotopic (exact) mass is 423 g/mol. The number of halogens is 4. The topological polar surface area (TPSA) is 26.0 Å². The van der Waals surface area contributed by atoms with Crippen molar-refractivity contribution in [2.75, 3.05) is 0 Å². The average molecular weight is 424 g/mol. The SMILES string of the molecule is CC(N)(Cc1ccc(I)cc1)c1cc(F)c(Cl)cc1Cl. The second-order valence-corrected chi connectivity index (χ2v) is 7.03. The Morgan fingerprint density at radius 2 is 1.75 bits per heavy atom. The van der Waals surface area contributed by atoms with Gasteiger partial charge in [0.25, 0.3) is 0 Å². The third-order valence-electron chi connectivity index (χ3n) is 3.11. The van der Waals surface area contributed by atoms with E-state index in [1.54, 1.807) is 0 Å². The second-order valence-electron chi connectivity index (χ2n) is 4.97. The molecule has 0 aliphatic heterocycles. The molecule has 0 saturated heterocycles. The van der Waals surface area contributed by atoms with Crippen LogP contribution in [0.25, 0.3) is 0 Å². The van der Waals surface area contributed by atoms with Crippen LogP contribution in [-0.4, -0.2) is 0 Å². The lowest BCUT2D eigenvalue weighted by atomic mass is 9.86. The van der Waals surface area contributed by atoms with E-state index in [2.05, 4.69) is 22.6 Å². The molecule has 0 amide bonds. The van der Waals surface area contributed by atoms with Gasteiger partial charge in [0.1, 0.15) is 5.82 Å². The minimum atomic E-state index is -0.769. The predicted molar refractivity (Wildman–Crippen MR) is 90.8 cm³/mol. The van der Waals surface area contributed by atoms with Crippen LogP contribution in [0.3, 0.4) is 0 Å². The van der Waals surface area contributed by atoms with Gasteiger partial charge in [0.2, 0.25) is 0 Å². The molecule has 1 nitrogen and oxygen atoms in total. The normalized spacial score (nSPS) is 14.1. The number of hydrogen-bond acceptors (Lipinski definition) is 1. The van der Waals surface area contributed by atoms with E-state index < -0.39 is 11.4 Å². The molecule has 0 spiro atoms. The van der Waals surface area contributed by atoms with Gasteiger partial charge < -0.3 is 5.73 Å². The molecule has 0 aliphatic rings. The van der Waals surface area contributed by atoms with Gasteiger partial charge in [-0.3, -0.25) is 0 Å². The number of benzene rings is 2. The highest BCUT2D eigenvalue weighted by Crippen LogP contribution is 2.32. The van der Waals surface area contributed by atoms with E-state index >= 15 is 0 Å². The molecule has 0 bridgehead atoms. The molecule has 0 fully saturated rings. The minimum Gasteiger partial charge on any atom is -0.321 e. The Morgan fingerprint density at radius 3 is 2.35 bits per heavy atom. The molecule has 1 unspecified atom stereocenters. The summed E-state index contributed by atoms with van der Waals surface area (Å²) < 4.78 is 14.8. The molecule has 0 radical (unpaired) electrons. The van der Waals surface area contributed by atoms with Gasteiger partial charge in [0.15, 0.2) is 0 Å². The van der Waals surface area contributed by atoms with E-state index in [0.29, 0.717) is 17.0 Å². The third kappa shape index (κ3) is 3.64. The van der Waals surface area contributed by atoms with Crippen molar-refractivity contribution >= 4 is 45.8 Å². The maximum absolute atomic E-state index is 13.6. The Morgan fingerprint density at radius 1 is 1.15 bits per heavy atom. The molecule has 0 aliphatic carbocycles. The second kappa shape index (κ2) is 6.18. The van der Waals surface area contributed by atoms with E-state index in [-0.39, 0.29) is 5.02 Å².